The van der Waals surface area contributed by atoms with Gasteiger partial charge in [0.15, 0.2) is 0 Å². The summed E-state index contributed by atoms with van der Waals surface area (Å²) < 4.78 is 1.52. The summed E-state index contributed by atoms with van der Waals surface area (Å²) in [5.74, 6) is -0.159. The summed E-state index contributed by atoms with van der Waals surface area (Å²) in [6.45, 7) is 2.87. The van der Waals surface area contributed by atoms with Gasteiger partial charge in [0, 0.05) is 39.4 Å². The van der Waals surface area contributed by atoms with E-state index in [1.54, 1.807) is 7.05 Å². The molecule has 1 unspecified atom stereocenters. The van der Waals surface area contributed by atoms with Crippen LogP contribution in [0.1, 0.15) is 17.0 Å². The first-order chi connectivity index (χ1) is 11.0. The van der Waals surface area contributed by atoms with Gasteiger partial charge in [0.2, 0.25) is 5.95 Å². The van der Waals surface area contributed by atoms with E-state index in [9.17, 15) is 4.79 Å². The van der Waals surface area contributed by atoms with E-state index in [-0.39, 0.29) is 5.82 Å². The summed E-state index contributed by atoms with van der Waals surface area (Å²) in [6, 6.07) is 10.4. The molecule has 1 saturated heterocycles. The van der Waals surface area contributed by atoms with Crippen molar-refractivity contribution in [3.63, 3.8) is 0 Å². The number of carboxylic acids is 1. The van der Waals surface area contributed by atoms with E-state index in [0.717, 1.165) is 26.1 Å². The first-order valence-corrected chi connectivity index (χ1v) is 7.70. The number of anilines is 2. The lowest BCUT2D eigenvalue weighted by Gasteiger charge is -2.22. The van der Waals surface area contributed by atoms with Gasteiger partial charge in [-0.05, 0) is 24.5 Å². The summed E-state index contributed by atoms with van der Waals surface area (Å²) in [6.07, 6.45) is 1.11. The number of para-hydroxylation sites is 1. The Morgan fingerprint density at radius 3 is 2.78 bits per heavy atom. The highest BCUT2D eigenvalue weighted by molar-refractivity contribution is 5.83. The van der Waals surface area contributed by atoms with Crippen molar-refractivity contribution >= 4 is 17.6 Å². The standard InChI is InChI=1S/C16H21N5O2/c1-19(16-17-14(15(22)23)18-20(16)2)10-12-8-9-21(11-12)13-6-4-3-5-7-13/h3-7,12H,8-11H2,1-2H3,(H,22,23). The normalized spacial score (nSPS) is 17.5. The maximum absolute atomic E-state index is 11.0. The first-order valence-electron chi connectivity index (χ1n) is 7.70. The van der Waals surface area contributed by atoms with Crippen LogP contribution in [0, 0.1) is 5.92 Å². The Morgan fingerprint density at radius 2 is 2.13 bits per heavy atom. The zero-order valence-electron chi connectivity index (χ0n) is 13.4. The van der Waals surface area contributed by atoms with Crippen LogP contribution in [0.15, 0.2) is 30.3 Å². The molecule has 3 rings (SSSR count). The predicted octanol–water partition coefficient (Wildman–Crippen LogP) is 1.48. The van der Waals surface area contributed by atoms with Crippen LogP contribution in [0.3, 0.4) is 0 Å². The second-order valence-electron chi connectivity index (χ2n) is 5.98. The fourth-order valence-electron chi connectivity index (χ4n) is 3.12. The van der Waals surface area contributed by atoms with Crippen molar-refractivity contribution in [3.8, 4) is 0 Å². The molecule has 0 radical (unpaired) electrons. The van der Waals surface area contributed by atoms with Crippen molar-refractivity contribution in [1.29, 1.82) is 0 Å². The van der Waals surface area contributed by atoms with Gasteiger partial charge in [0.1, 0.15) is 0 Å². The van der Waals surface area contributed by atoms with Crippen molar-refractivity contribution in [1.82, 2.24) is 14.8 Å². The number of rotatable bonds is 5. The molecule has 1 N–H and O–H groups in total. The smallest absolute Gasteiger partial charge is 0.375 e. The molecule has 2 aromatic rings. The van der Waals surface area contributed by atoms with Gasteiger partial charge in [-0.2, -0.15) is 4.98 Å². The molecule has 0 saturated carbocycles. The van der Waals surface area contributed by atoms with Gasteiger partial charge in [-0.15, -0.1) is 5.10 Å². The number of benzene rings is 1. The summed E-state index contributed by atoms with van der Waals surface area (Å²) in [5.41, 5.74) is 1.25. The fourth-order valence-corrected chi connectivity index (χ4v) is 3.12. The highest BCUT2D eigenvalue weighted by Crippen LogP contribution is 2.24. The second kappa shape index (κ2) is 6.28. The first kappa shape index (κ1) is 15.3. The molecule has 7 heteroatoms. The minimum absolute atomic E-state index is 0.160. The second-order valence-corrected chi connectivity index (χ2v) is 5.98. The lowest BCUT2D eigenvalue weighted by atomic mass is 10.1. The van der Waals surface area contributed by atoms with Gasteiger partial charge < -0.3 is 14.9 Å². The van der Waals surface area contributed by atoms with E-state index in [1.807, 2.05) is 18.0 Å². The van der Waals surface area contributed by atoms with Crippen LogP contribution >= 0.6 is 0 Å². The van der Waals surface area contributed by atoms with Gasteiger partial charge in [0.05, 0.1) is 0 Å². The predicted molar refractivity (Wildman–Crippen MR) is 88.0 cm³/mol. The quantitative estimate of drug-likeness (QED) is 0.901. The molecular formula is C16H21N5O2. The van der Waals surface area contributed by atoms with Crippen molar-refractivity contribution in [2.75, 3.05) is 36.5 Å². The molecule has 1 atom stereocenters. The number of nitrogens with zero attached hydrogens (tertiary/aromatic N) is 5. The van der Waals surface area contributed by atoms with Crippen molar-refractivity contribution in [3.05, 3.63) is 36.2 Å². The Morgan fingerprint density at radius 1 is 1.39 bits per heavy atom. The largest absolute Gasteiger partial charge is 0.475 e. The third kappa shape index (κ3) is 3.28. The summed E-state index contributed by atoms with van der Waals surface area (Å²) >= 11 is 0. The van der Waals surface area contributed by atoms with E-state index in [0.29, 0.717) is 11.9 Å². The molecule has 23 heavy (non-hydrogen) atoms. The van der Waals surface area contributed by atoms with E-state index >= 15 is 0 Å². The molecule has 7 nitrogen and oxygen atoms in total. The third-order valence-corrected chi connectivity index (χ3v) is 4.21. The van der Waals surface area contributed by atoms with Crippen LogP contribution in [-0.2, 0) is 7.05 Å². The van der Waals surface area contributed by atoms with E-state index in [4.69, 9.17) is 5.11 Å². The van der Waals surface area contributed by atoms with Crippen LogP contribution in [0.5, 0.6) is 0 Å². The van der Waals surface area contributed by atoms with Crippen molar-refractivity contribution in [2.24, 2.45) is 13.0 Å². The van der Waals surface area contributed by atoms with Crippen LogP contribution in [-0.4, -0.2) is 52.5 Å². The molecule has 1 aromatic carbocycles. The number of aryl methyl sites for hydroxylation is 1. The lowest BCUT2D eigenvalue weighted by Crippen LogP contribution is -2.29. The van der Waals surface area contributed by atoms with E-state index < -0.39 is 5.97 Å². The highest BCUT2D eigenvalue weighted by atomic mass is 16.4. The summed E-state index contributed by atoms with van der Waals surface area (Å²) in [7, 11) is 3.65. The Labute approximate surface area is 135 Å². The monoisotopic (exact) mass is 315 g/mol. The average molecular weight is 315 g/mol. The molecule has 1 aromatic heterocycles. The molecule has 1 aliphatic rings. The number of carboxylic acid groups (broad SMARTS) is 1. The van der Waals surface area contributed by atoms with E-state index in [2.05, 4.69) is 39.2 Å². The number of aromatic carboxylic acids is 1. The average Bonchev–Trinajstić information content (AvgIpc) is 3.15. The molecular weight excluding hydrogens is 294 g/mol. The molecule has 1 fully saturated rings. The van der Waals surface area contributed by atoms with Gasteiger partial charge in [-0.25, -0.2) is 9.48 Å². The molecule has 0 spiro atoms. The van der Waals surface area contributed by atoms with Crippen LogP contribution in [0.2, 0.25) is 0 Å². The van der Waals surface area contributed by atoms with Crippen molar-refractivity contribution < 1.29 is 9.90 Å². The lowest BCUT2D eigenvalue weighted by molar-refractivity contribution is 0.0683. The van der Waals surface area contributed by atoms with Gasteiger partial charge >= 0.3 is 5.97 Å². The maximum atomic E-state index is 11.0. The fraction of sp³-hybridized carbons (Fsp3) is 0.438. The van der Waals surface area contributed by atoms with Crippen molar-refractivity contribution in [2.45, 2.75) is 6.42 Å². The summed E-state index contributed by atoms with van der Waals surface area (Å²) in [4.78, 5) is 19.4. The molecule has 0 amide bonds. The van der Waals surface area contributed by atoms with Gasteiger partial charge in [-0.3, -0.25) is 0 Å². The molecule has 122 valence electrons. The zero-order valence-corrected chi connectivity index (χ0v) is 13.4. The molecule has 1 aliphatic heterocycles. The Bertz CT molecular complexity index is 685. The van der Waals surface area contributed by atoms with Gasteiger partial charge in [-0.1, -0.05) is 18.2 Å². The Balaban J connectivity index is 1.63. The van der Waals surface area contributed by atoms with Gasteiger partial charge in [0.25, 0.3) is 5.82 Å². The summed E-state index contributed by atoms with van der Waals surface area (Å²) in [5, 5.41) is 12.9. The third-order valence-electron chi connectivity index (χ3n) is 4.21. The number of carbonyl (C=O) groups is 1. The number of hydrogen-bond acceptors (Lipinski definition) is 5. The zero-order chi connectivity index (χ0) is 16.4. The topological polar surface area (TPSA) is 74.5 Å². The number of aromatic nitrogens is 3. The molecule has 2 heterocycles. The van der Waals surface area contributed by atoms with E-state index in [1.165, 1.54) is 10.4 Å². The molecule has 0 bridgehead atoms. The Kier molecular flexibility index (Phi) is 4.18. The minimum atomic E-state index is -1.10. The molecule has 0 aliphatic carbocycles. The Hall–Kier alpha value is -2.57. The van der Waals surface area contributed by atoms with Crippen LogP contribution in [0.25, 0.3) is 0 Å². The van der Waals surface area contributed by atoms with Crippen LogP contribution in [0.4, 0.5) is 11.6 Å². The maximum Gasteiger partial charge on any atom is 0.375 e. The highest BCUT2D eigenvalue weighted by Gasteiger charge is 2.25. The minimum Gasteiger partial charge on any atom is -0.475 e. The van der Waals surface area contributed by atoms with Crippen LogP contribution < -0.4 is 9.80 Å². The SMILES string of the molecule is CN(CC1CCN(c2ccccc2)C1)c1nc(C(=O)O)nn1C. The number of hydrogen-bond donors (Lipinski definition) is 1.